The Balaban J connectivity index is 1.93. The second-order valence-electron chi connectivity index (χ2n) is 10.0. The molecule has 0 saturated carbocycles. The average molecular weight is 637 g/mol. The van der Waals surface area contributed by atoms with Gasteiger partial charge in [-0.3, -0.25) is 0 Å². The summed E-state index contributed by atoms with van der Waals surface area (Å²) in [5.74, 6) is 1.49. The smallest absolute Gasteiger partial charge is 0.339 e. The van der Waals surface area contributed by atoms with E-state index in [-0.39, 0.29) is 18.3 Å². The zero-order chi connectivity index (χ0) is 30.4. The van der Waals surface area contributed by atoms with Crippen LogP contribution in [-0.4, -0.2) is 27.5 Å². The fourth-order valence-electron chi connectivity index (χ4n) is 3.43. The van der Waals surface area contributed by atoms with Crippen molar-refractivity contribution in [2.75, 3.05) is 17.2 Å². The molecule has 0 aliphatic carbocycles. The van der Waals surface area contributed by atoms with Crippen LogP contribution in [0.15, 0.2) is 77.3 Å². The largest absolute Gasteiger partial charge is 0.440 e. The number of nitrogens with zero attached hydrogens (tertiary/aromatic N) is 3. The Labute approximate surface area is 250 Å². The zero-order valence-corrected chi connectivity index (χ0v) is 27.2. The minimum absolute atomic E-state index is 0.213. The van der Waals surface area contributed by atoms with Crippen molar-refractivity contribution < 1.29 is 27.8 Å². The summed E-state index contributed by atoms with van der Waals surface area (Å²) >= 11 is 0. The molecule has 12 nitrogen and oxygen atoms in total. The molecule has 228 valence electrons. The predicted molar refractivity (Wildman–Crippen MR) is 170 cm³/mol. The van der Waals surface area contributed by atoms with Gasteiger partial charge in [-0.25, -0.2) is 0 Å². The van der Waals surface area contributed by atoms with E-state index in [0.29, 0.717) is 34.3 Å². The molecule has 3 aromatic rings. The lowest BCUT2D eigenvalue weighted by molar-refractivity contribution is 0.0244. The third-order valence-corrected chi connectivity index (χ3v) is 12.6. The highest BCUT2D eigenvalue weighted by atomic mass is 31.3. The number of anilines is 3. The van der Waals surface area contributed by atoms with Crippen LogP contribution in [0.4, 0.5) is 17.1 Å². The van der Waals surface area contributed by atoms with Crippen molar-refractivity contribution in [3.63, 3.8) is 0 Å². The van der Waals surface area contributed by atoms with Crippen molar-refractivity contribution in [2.24, 2.45) is 4.52 Å². The first-order valence-electron chi connectivity index (χ1n) is 13.4. The van der Waals surface area contributed by atoms with Crippen molar-refractivity contribution >= 4 is 41.6 Å². The van der Waals surface area contributed by atoms with E-state index in [0.717, 1.165) is 0 Å². The van der Waals surface area contributed by atoms with Gasteiger partial charge in [0.2, 0.25) is 0 Å². The van der Waals surface area contributed by atoms with E-state index in [2.05, 4.69) is 0 Å². The molecule has 0 saturated heterocycles. The molecule has 0 radical (unpaired) electrons. The topological polar surface area (TPSA) is 152 Å². The molecule has 1 aliphatic heterocycles. The van der Waals surface area contributed by atoms with Gasteiger partial charge < -0.3 is 45.0 Å². The Morgan fingerprint density at radius 1 is 0.619 bits per heavy atom. The van der Waals surface area contributed by atoms with Gasteiger partial charge in [-0.15, -0.1) is 0 Å². The molecule has 0 bridgehead atoms. The van der Waals surface area contributed by atoms with Crippen molar-refractivity contribution in [3.8, 4) is 17.2 Å². The van der Waals surface area contributed by atoms with E-state index in [1.54, 1.807) is 82.0 Å². The normalized spacial score (nSPS) is 19.2. The maximum Gasteiger partial charge on any atom is 0.339 e. The lowest BCUT2D eigenvalue weighted by atomic mass is 10.3. The number of nitrogens with two attached hydrogens (primary N) is 3. The lowest BCUT2D eigenvalue weighted by Crippen LogP contribution is -2.36. The average Bonchev–Trinajstić information content (AvgIpc) is 2.90. The van der Waals surface area contributed by atoms with Crippen LogP contribution in [0.5, 0.6) is 17.2 Å². The molecule has 4 rings (SSSR count). The molecule has 0 fully saturated rings. The van der Waals surface area contributed by atoms with Crippen molar-refractivity contribution in [1.29, 1.82) is 0 Å². The van der Waals surface area contributed by atoms with E-state index in [1.165, 1.54) is 0 Å². The second kappa shape index (κ2) is 14.2. The zero-order valence-electron chi connectivity index (χ0n) is 24.5. The molecule has 42 heavy (non-hydrogen) atoms. The Morgan fingerprint density at radius 2 is 1.05 bits per heavy atom. The van der Waals surface area contributed by atoms with Crippen molar-refractivity contribution in [1.82, 2.24) is 9.21 Å². The molecule has 3 aromatic carbocycles. The van der Waals surface area contributed by atoms with Gasteiger partial charge in [0.25, 0.3) is 8.45 Å². The van der Waals surface area contributed by atoms with Crippen molar-refractivity contribution in [3.05, 3.63) is 72.8 Å². The van der Waals surface area contributed by atoms with E-state index in [1.807, 2.05) is 41.5 Å². The maximum atomic E-state index is 6.66. The first kappa shape index (κ1) is 32.3. The Bertz CT molecular complexity index is 1330. The van der Waals surface area contributed by atoms with Crippen LogP contribution < -0.4 is 31.4 Å². The summed E-state index contributed by atoms with van der Waals surface area (Å²) in [5, 5.41) is 0. The lowest BCUT2D eigenvalue weighted by Gasteiger charge is -2.45. The van der Waals surface area contributed by atoms with Gasteiger partial charge in [-0.1, -0.05) is 0 Å². The van der Waals surface area contributed by atoms with Crippen LogP contribution in [0.3, 0.4) is 0 Å². The predicted octanol–water partition coefficient (Wildman–Crippen LogP) is 8.09. The molecule has 6 N–H and O–H groups in total. The maximum absolute atomic E-state index is 6.66. The Hall–Kier alpha value is -2.65. The standard InChI is InChI=1S/C27H39N6O6P3/c1-19(2)36-40-31-42(38-20(3)4,39-21(5)6)33(35-26-15-9-23(29)10-16-26)41(37-27-17-11-24(30)12-18-27)32(40)34-25-13-7-22(28)8-14-25/h7-21H,28-30H2,1-6H3. The monoisotopic (exact) mass is 636 g/mol. The Morgan fingerprint density at radius 3 is 1.48 bits per heavy atom. The molecule has 15 heteroatoms. The number of hydrogen-bond donors (Lipinski definition) is 3. The van der Waals surface area contributed by atoms with E-state index in [4.69, 9.17) is 49.5 Å². The van der Waals surface area contributed by atoms with E-state index >= 15 is 0 Å². The minimum atomic E-state index is -3.41. The van der Waals surface area contributed by atoms with Gasteiger partial charge in [0.1, 0.15) is 17.2 Å². The van der Waals surface area contributed by atoms with Crippen LogP contribution in [0, 0.1) is 0 Å². The highest BCUT2D eigenvalue weighted by Crippen LogP contribution is 2.79. The third kappa shape index (κ3) is 8.47. The number of nitrogen functional groups attached to an aromatic ring is 3. The SMILES string of the molecule is CC(C)OP1N=P(OC(C)C)(OC(C)C)N(Oc2ccc(N)cc2)P(Oc2ccc(N)cc2)N1Oc1ccc(N)cc1. The molecular weight excluding hydrogens is 597 g/mol. The summed E-state index contributed by atoms with van der Waals surface area (Å²) in [5.41, 5.74) is 19.6. The van der Waals surface area contributed by atoms with Gasteiger partial charge in [-0.2, -0.15) is 4.52 Å². The third-order valence-electron chi connectivity index (χ3n) is 5.05. The summed E-state index contributed by atoms with van der Waals surface area (Å²) in [6, 6.07) is 21.0. The fraction of sp³-hybridized carbons (Fsp3) is 0.333. The van der Waals surface area contributed by atoms with Crippen LogP contribution in [0.2, 0.25) is 0 Å². The van der Waals surface area contributed by atoms with E-state index in [9.17, 15) is 0 Å². The number of hydrogen-bond acceptors (Lipinski definition) is 12. The second-order valence-corrected chi connectivity index (χ2v) is 15.6. The molecule has 2 unspecified atom stereocenters. The van der Waals surface area contributed by atoms with Crippen molar-refractivity contribution in [2.45, 2.75) is 59.9 Å². The molecule has 1 heterocycles. The fourth-order valence-corrected chi connectivity index (χ4v) is 11.5. The van der Waals surface area contributed by atoms with Gasteiger partial charge >= 0.3 is 16.1 Å². The first-order chi connectivity index (χ1) is 19.9. The highest BCUT2D eigenvalue weighted by Gasteiger charge is 2.56. The summed E-state index contributed by atoms with van der Waals surface area (Å²) in [7, 11) is -7.31. The van der Waals surface area contributed by atoms with Gasteiger partial charge in [0.15, 0.2) is 0 Å². The summed E-state index contributed by atoms with van der Waals surface area (Å²) in [6.45, 7) is 11.5. The molecule has 0 spiro atoms. The summed E-state index contributed by atoms with van der Waals surface area (Å²) in [6.07, 6.45) is -0.783. The van der Waals surface area contributed by atoms with Crippen LogP contribution in [-0.2, 0) is 13.6 Å². The molecule has 0 amide bonds. The van der Waals surface area contributed by atoms with Gasteiger partial charge in [-0.05, 0) is 114 Å². The quantitative estimate of drug-likeness (QED) is 0.131. The molecule has 0 aromatic heterocycles. The Kier molecular flexibility index (Phi) is 10.9. The first-order valence-corrected chi connectivity index (χ1v) is 17.3. The van der Waals surface area contributed by atoms with E-state index < -0.39 is 24.6 Å². The van der Waals surface area contributed by atoms with Crippen LogP contribution in [0.25, 0.3) is 0 Å². The number of rotatable bonds is 12. The van der Waals surface area contributed by atoms with Gasteiger partial charge in [0.05, 0.1) is 18.3 Å². The molecule has 2 atom stereocenters. The summed E-state index contributed by atoms with van der Waals surface area (Å²) < 4.78 is 34.4. The van der Waals surface area contributed by atoms with Crippen LogP contribution >= 0.6 is 24.6 Å². The summed E-state index contributed by atoms with van der Waals surface area (Å²) in [4.78, 5) is 13.0. The molecule has 1 aliphatic rings. The minimum Gasteiger partial charge on any atom is -0.440 e. The van der Waals surface area contributed by atoms with Crippen LogP contribution in [0.1, 0.15) is 41.5 Å². The number of benzene rings is 3. The molecular formula is C27H39N6O6P3. The van der Waals surface area contributed by atoms with Gasteiger partial charge in [0, 0.05) is 26.3 Å². The highest BCUT2D eigenvalue weighted by molar-refractivity contribution is 7.78.